The van der Waals surface area contributed by atoms with Crippen molar-refractivity contribution >= 4 is 11.6 Å². The van der Waals surface area contributed by atoms with Gasteiger partial charge in [0.25, 0.3) is 5.91 Å². The van der Waals surface area contributed by atoms with Crippen LogP contribution in [0.15, 0.2) is 72.8 Å². The number of carbonyl (C=O) groups is 1. The maximum Gasteiger partial charge on any atom is 0.257 e. The first-order chi connectivity index (χ1) is 13.1. The Morgan fingerprint density at radius 1 is 0.889 bits per heavy atom. The molecule has 1 heterocycles. The van der Waals surface area contributed by atoms with E-state index in [0.717, 1.165) is 17.7 Å². The summed E-state index contributed by atoms with van der Waals surface area (Å²) in [5, 5.41) is 22.9. The zero-order valence-corrected chi connectivity index (χ0v) is 14.7. The Hall–Kier alpha value is -3.47. The van der Waals surface area contributed by atoms with Gasteiger partial charge in [-0.15, -0.1) is 0 Å². The van der Waals surface area contributed by atoms with Crippen LogP contribution in [-0.4, -0.2) is 27.6 Å². The van der Waals surface area contributed by atoms with Crippen molar-refractivity contribution in [3.63, 3.8) is 0 Å². The Labute approximate surface area is 157 Å². The van der Waals surface area contributed by atoms with Gasteiger partial charge in [0, 0.05) is 12.2 Å². The first-order valence-electron chi connectivity index (χ1n) is 8.86. The highest BCUT2D eigenvalue weighted by molar-refractivity contribution is 6.01. The number of hydrogen-bond donors (Lipinski definition) is 3. The summed E-state index contributed by atoms with van der Waals surface area (Å²) in [5.74, 6) is -0.446. The van der Waals surface area contributed by atoms with Crippen molar-refractivity contribution in [2.45, 2.75) is 12.6 Å². The predicted molar refractivity (Wildman–Crippen MR) is 104 cm³/mol. The highest BCUT2D eigenvalue weighted by atomic mass is 16.3. The Bertz CT molecular complexity index is 972. The fourth-order valence-electron chi connectivity index (χ4n) is 3.39. The second kappa shape index (κ2) is 7.03. The van der Waals surface area contributed by atoms with Crippen LogP contribution in [0.5, 0.6) is 11.5 Å². The minimum absolute atomic E-state index is 0.0576. The number of carbonyl (C=O) groups excluding carboxylic acids is 1. The van der Waals surface area contributed by atoms with Crippen LogP contribution in [0.3, 0.4) is 0 Å². The van der Waals surface area contributed by atoms with E-state index in [1.165, 1.54) is 12.1 Å². The number of anilines is 1. The number of benzene rings is 3. The van der Waals surface area contributed by atoms with Gasteiger partial charge in [0.1, 0.15) is 6.17 Å². The number of hydrogen-bond acceptors (Lipinski definition) is 4. The summed E-state index contributed by atoms with van der Waals surface area (Å²) in [6, 6.07) is 22.1. The SMILES string of the molecule is O=C1c2ccccc2N[C@@H](c2ccc(O)c(O)c2)N1CCc1ccccc1. The molecule has 1 atom stereocenters. The molecule has 27 heavy (non-hydrogen) atoms. The molecule has 0 aliphatic carbocycles. The van der Waals surface area contributed by atoms with Gasteiger partial charge >= 0.3 is 0 Å². The maximum atomic E-state index is 13.1. The van der Waals surface area contributed by atoms with Crippen LogP contribution in [0.1, 0.15) is 27.7 Å². The molecule has 1 amide bonds. The lowest BCUT2D eigenvalue weighted by Gasteiger charge is -2.38. The fourth-order valence-corrected chi connectivity index (χ4v) is 3.39. The highest BCUT2D eigenvalue weighted by Crippen LogP contribution is 2.36. The average molecular weight is 360 g/mol. The monoisotopic (exact) mass is 360 g/mol. The topological polar surface area (TPSA) is 72.8 Å². The molecule has 0 radical (unpaired) electrons. The van der Waals surface area contributed by atoms with Gasteiger partial charge < -0.3 is 20.4 Å². The first-order valence-corrected chi connectivity index (χ1v) is 8.86. The fraction of sp³-hybridized carbons (Fsp3) is 0.136. The maximum absolute atomic E-state index is 13.1. The summed E-state index contributed by atoms with van der Waals surface area (Å²) in [6.45, 7) is 0.524. The smallest absolute Gasteiger partial charge is 0.257 e. The van der Waals surface area contributed by atoms with Crippen molar-refractivity contribution in [2.24, 2.45) is 0 Å². The van der Waals surface area contributed by atoms with E-state index < -0.39 is 6.17 Å². The van der Waals surface area contributed by atoms with Crippen molar-refractivity contribution in [3.05, 3.63) is 89.5 Å². The van der Waals surface area contributed by atoms with Gasteiger partial charge in [-0.3, -0.25) is 4.79 Å². The third-order valence-corrected chi connectivity index (χ3v) is 4.82. The van der Waals surface area contributed by atoms with Crippen molar-refractivity contribution in [2.75, 3.05) is 11.9 Å². The van der Waals surface area contributed by atoms with Gasteiger partial charge in [0.15, 0.2) is 11.5 Å². The normalized spacial score (nSPS) is 15.9. The van der Waals surface area contributed by atoms with Gasteiger partial charge in [-0.05, 0) is 41.8 Å². The molecule has 3 N–H and O–H groups in total. The second-order valence-electron chi connectivity index (χ2n) is 6.57. The van der Waals surface area contributed by atoms with E-state index in [2.05, 4.69) is 5.32 Å². The van der Waals surface area contributed by atoms with E-state index in [1.807, 2.05) is 54.6 Å². The molecule has 136 valence electrons. The lowest BCUT2D eigenvalue weighted by molar-refractivity contribution is 0.0685. The molecule has 5 nitrogen and oxygen atoms in total. The van der Waals surface area contributed by atoms with Crippen molar-refractivity contribution in [3.8, 4) is 11.5 Å². The van der Waals surface area contributed by atoms with Gasteiger partial charge in [-0.25, -0.2) is 0 Å². The molecule has 0 aromatic heterocycles. The molecule has 0 saturated heterocycles. The van der Waals surface area contributed by atoms with Crippen LogP contribution in [0, 0.1) is 0 Å². The molecule has 3 aromatic carbocycles. The van der Waals surface area contributed by atoms with Crippen molar-refractivity contribution < 1.29 is 15.0 Å². The average Bonchev–Trinajstić information content (AvgIpc) is 2.70. The molecule has 0 spiro atoms. The van der Waals surface area contributed by atoms with Crippen LogP contribution in [0.4, 0.5) is 5.69 Å². The van der Waals surface area contributed by atoms with Crippen molar-refractivity contribution in [1.29, 1.82) is 0 Å². The van der Waals surface area contributed by atoms with Crippen LogP contribution in [-0.2, 0) is 6.42 Å². The van der Waals surface area contributed by atoms with Gasteiger partial charge in [-0.2, -0.15) is 0 Å². The number of fused-ring (bicyclic) bond motifs is 1. The quantitative estimate of drug-likeness (QED) is 0.617. The number of nitrogens with zero attached hydrogens (tertiary/aromatic N) is 1. The predicted octanol–water partition coefficient (Wildman–Crippen LogP) is 3.91. The Balaban J connectivity index is 1.69. The van der Waals surface area contributed by atoms with E-state index in [4.69, 9.17) is 0 Å². The van der Waals surface area contributed by atoms with E-state index in [1.54, 1.807) is 11.0 Å². The molecule has 1 aliphatic rings. The third-order valence-electron chi connectivity index (χ3n) is 4.82. The lowest BCUT2D eigenvalue weighted by Crippen LogP contribution is -2.43. The minimum atomic E-state index is -0.428. The largest absolute Gasteiger partial charge is 0.504 e. The van der Waals surface area contributed by atoms with Gasteiger partial charge in [0.2, 0.25) is 0 Å². The zero-order chi connectivity index (χ0) is 18.8. The highest BCUT2D eigenvalue weighted by Gasteiger charge is 2.32. The van der Waals surface area contributed by atoms with Crippen LogP contribution in [0.25, 0.3) is 0 Å². The van der Waals surface area contributed by atoms with E-state index in [-0.39, 0.29) is 17.4 Å². The summed E-state index contributed by atoms with van der Waals surface area (Å²) in [4.78, 5) is 14.9. The number of aromatic hydroxyl groups is 2. The molecule has 4 rings (SSSR count). The lowest BCUT2D eigenvalue weighted by atomic mass is 10.0. The number of nitrogens with one attached hydrogen (secondary N) is 1. The van der Waals surface area contributed by atoms with Gasteiger partial charge in [-0.1, -0.05) is 48.5 Å². The number of amides is 1. The number of phenols is 2. The van der Waals surface area contributed by atoms with E-state index in [9.17, 15) is 15.0 Å². The second-order valence-corrected chi connectivity index (χ2v) is 6.57. The molecule has 0 unspecified atom stereocenters. The number of phenolic OH excluding ortho intramolecular Hbond substituents is 2. The summed E-state index contributed by atoms with van der Waals surface area (Å²) in [7, 11) is 0. The summed E-state index contributed by atoms with van der Waals surface area (Å²) >= 11 is 0. The number of para-hydroxylation sites is 1. The molecular formula is C22H20N2O3. The van der Waals surface area contributed by atoms with Crippen molar-refractivity contribution in [1.82, 2.24) is 4.90 Å². The van der Waals surface area contributed by atoms with Crippen LogP contribution >= 0.6 is 0 Å². The summed E-state index contributed by atoms with van der Waals surface area (Å²) in [6.07, 6.45) is 0.291. The summed E-state index contributed by atoms with van der Waals surface area (Å²) < 4.78 is 0. The summed E-state index contributed by atoms with van der Waals surface area (Å²) in [5.41, 5.74) is 3.25. The number of rotatable bonds is 4. The van der Waals surface area contributed by atoms with E-state index in [0.29, 0.717) is 17.7 Å². The van der Waals surface area contributed by atoms with Gasteiger partial charge in [0.05, 0.1) is 5.56 Å². The molecule has 5 heteroatoms. The Morgan fingerprint density at radius 2 is 1.63 bits per heavy atom. The standard InChI is InChI=1S/C22H20N2O3/c25-19-11-10-16(14-20(19)26)21-23-18-9-5-4-8-17(18)22(27)24(21)13-12-15-6-2-1-3-7-15/h1-11,14,21,23,25-26H,12-13H2/t21-/m1/s1. The van der Waals surface area contributed by atoms with Crippen LogP contribution in [0.2, 0.25) is 0 Å². The molecule has 3 aromatic rings. The Morgan fingerprint density at radius 3 is 2.41 bits per heavy atom. The Kier molecular flexibility index (Phi) is 4.42. The third kappa shape index (κ3) is 3.31. The van der Waals surface area contributed by atoms with Crippen LogP contribution < -0.4 is 5.32 Å². The molecule has 1 aliphatic heterocycles. The zero-order valence-electron chi connectivity index (χ0n) is 14.7. The van der Waals surface area contributed by atoms with E-state index >= 15 is 0 Å². The first kappa shape index (κ1) is 17.0. The molecule has 0 fully saturated rings. The molecular weight excluding hydrogens is 340 g/mol. The minimum Gasteiger partial charge on any atom is -0.504 e. The molecule has 0 saturated carbocycles. The molecule has 0 bridgehead atoms.